The molecular formula is C12H19NO2S. The lowest BCUT2D eigenvalue weighted by Gasteiger charge is -2.29. The first-order valence-corrected chi connectivity index (χ1v) is 5.53. The normalized spacial score (nSPS) is 18.1. The Labute approximate surface area is 102 Å². The minimum Gasteiger partial charge on any atom is -0.437 e. The summed E-state index contributed by atoms with van der Waals surface area (Å²) in [6.45, 7) is 5.66. The van der Waals surface area contributed by atoms with Crippen molar-refractivity contribution in [1.82, 2.24) is 0 Å². The van der Waals surface area contributed by atoms with Gasteiger partial charge >= 0.3 is 5.30 Å². The topological polar surface area (TPSA) is 52.3 Å². The lowest BCUT2D eigenvalue weighted by molar-refractivity contribution is 0.0899. The lowest BCUT2D eigenvalue weighted by Crippen LogP contribution is -2.40. The van der Waals surface area contributed by atoms with E-state index in [0.717, 1.165) is 0 Å². The number of nitrogens with two attached hydrogens (primary N) is 1. The van der Waals surface area contributed by atoms with Gasteiger partial charge in [0.05, 0.1) is 5.41 Å². The fourth-order valence-electron chi connectivity index (χ4n) is 1.53. The van der Waals surface area contributed by atoms with Crippen molar-refractivity contribution in [2.75, 3.05) is 0 Å². The Hall–Kier alpha value is -1.000. The SMILES string of the molecule is CC=CC(C=CC)(C=CC)C(N)OC(=O)S. The molecule has 4 heteroatoms. The molecule has 0 aliphatic rings. The van der Waals surface area contributed by atoms with Gasteiger partial charge in [-0.05, 0) is 20.8 Å². The highest BCUT2D eigenvalue weighted by Crippen LogP contribution is 2.28. The Bertz CT molecular complexity index is 277. The number of allylic oxidation sites excluding steroid dienone is 3. The number of rotatable bonds is 5. The zero-order valence-electron chi connectivity index (χ0n) is 9.88. The average Bonchev–Trinajstić information content (AvgIpc) is 2.17. The van der Waals surface area contributed by atoms with Gasteiger partial charge in [-0.1, -0.05) is 49.1 Å². The maximum Gasteiger partial charge on any atom is 0.365 e. The molecule has 90 valence electrons. The molecule has 0 fully saturated rings. The first-order valence-electron chi connectivity index (χ1n) is 5.09. The van der Waals surface area contributed by atoms with Gasteiger partial charge in [0.25, 0.3) is 0 Å². The monoisotopic (exact) mass is 241 g/mol. The molecule has 0 amide bonds. The van der Waals surface area contributed by atoms with Crippen LogP contribution in [0.2, 0.25) is 0 Å². The smallest absolute Gasteiger partial charge is 0.365 e. The highest BCUT2D eigenvalue weighted by Gasteiger charge is 2.31. The Kier molecular flexibility index (Phi) is 6.85. The molecule has 0 aliphatic heterocycles. The second-order valence-corrected chi connectivity index (χ2v) is 3.67. The summed E-state index contributed by atoms with van der Waals surface area (Å²) in [5, 5.41) is -0.685. The molecular weight excluding hydrogens is 222 g/mol. The Morgan fingerprint density at radius 3 is 1.81 bits per heavy atom. The van der Waals surface area contributed by atoms with E-state index in [2.05, 4.69) is 12.6 Å². The van der Waals surface area contributed by atoms with Crippen LogP contribution in [0.3, 0.4) is 0 Å². The van der Waals surface area contributed by atoms with Gasteiger partial charge in [0.2, 0.25) is 0 Å². The number of thiol groups is 1. The van der Waals surface area contributed by atoms with Crippen LogP contribution in [-0.4, -0.2) is 11.5 Å². The van der Waals surface area contributed by atoms with Gasteiger partial charge in [0.15, 0.2) is 6.23 Å². The van der Waals surface area contributed by atoms with Crippen LogP contribution in [0.15, 0.2) is 36.5 Å². The van der Waals surface area contributed by atoms with Crippen LogP contribution in [-0.2, 0) is 4.74 Å². The fraction of sp³-hybridized carbons (Fsp3) is 0.417. The lowest BCUT2D eigenvalue weighted by atomic mass is 9.84. The number of hydrogen-bond acceptors (Lipinski definition) is 3. The van der Waals surface area contributed by atoms with E-state index >= 15 is 0 Å². The van der Waals surface area contributed by atoms with Crippen LogP contribution >= 0.6 is 12.6 Å². The van der Waals surface area contributed by atoms with Gasteiger partial charge < -0.3 is 4.74 Å². The third-order valence-electron chi connectivity index (χ3n) is 2.09. The van der Waals surface area contributed by atoms with Crippen molar-refractivity contribution in [3.05, 3.63) is 36.5 Å². The van der Waals surface area contributed by atoms with Crippen LogP contribution in [0.25, 0.3) is 0 Å². The van der Waals surface area contributed by atoms with E-state index in [9.17, 15) is 4.79 Å². The van der Waals surface area contributed by atoms with Gasteiger partial charge in [-0.25, -0.2) is 4.79 Å². The van der Waals surface area contributed by atoms with E-state index in [-0.39, 0.29) is 0 Å². The van der Waals surface area contributed by atoms with Gasteiger partial charge in [-0.2, -0.15) is 0 Å². The van der Waals surface area contributed by atoms with E-state index in [1.54, 1.807) is 0 Å². The second kappa shape index (κ2) is 7.30. The first-order chi connectivity index (χ1) is 7.52. The van der Waals surface area contributed by atoms with Crippen molar-refractivity contribution in [3.8, 4) is 0 Å². The third-order valence-corrected chi connectivity index (χ3v) is 2.19. The molecule has 0 heterocycles. The quantitative estimate of drug-likeness (QED) is 0.336. The Morgan fingerprint density at radius 2 is 1.56 bits per heavy atom. The van der Waals surface area contributed by atoms with Crippen LogP contribution < -0.4 is 5.73 Å². The minimum atomic E-state index is -0.791. The molecule has 16 heavy (non-hydrogen) atoms. The molecule has 0 saturated carbocycles. The van der Waals surface area contributed by atoms with Crippen molar-refractivity contribution in [3.63, 3.8) is 0 Å². The summed E-state index contributed by atoms with van der Waals surface area (Å²) in [5.74, 6) is 0. The third kappa shape index (κ3) is 4.24. The van der Waals surface area contributed by atoms with Crippen molar-refractivity contribution in [2.45, 2.75) is 27.0 Å². The van der Waals surface area contributed by atoms with Crippen molar-refractivity contribution >= 4 is 17.9 Å². The molecule has 1 unspecified atom stereocenters. The maximum absolute atomic E-state index is 10.8. The van der Waals surface area contributed by atoms with Crippen molar-refractivity contribution in [1.29, 1.82) is 0 Å². The highest BCUT2D eigenvalue weighted by molar-refractivity contribution is 7.96. The molecule has 0 aromatic rings. The van der Waals surface area contributed by atoms with Gasteiger partial charge in [0.1, 0.15) is 0 Å². The summed E-state index contributed by atoms with van der Waals surface area (Å²) in [6.07, 6.45) is 10.5. The Balaban J connectivity index is 5.23. The molecule has 0 radical (unpaired) electrons. The van der Waals surface area contributed by atoms with Crippen LogP contribution in [0.4, 0.5) is 4.79 Å². The molecule has 0 saturated heterocycles. The largest absolute Gasteiger partial charge is 0.437 e. The summed E-state index contributed by atoms with van der Waals surface area (Å²) >= 11 is 3.56. The minimum absolute atomic E-state index is 0.614. The summed E-state index contributed by atoms with van der Waals surface area (Å²) in [4.78, 5) is 10.8. The van der Waals surface area contributed by atoms with E-state index in [1.807, 2.05) is 57.2 Å². The van der Waals surface area contributed by atoms with Crippen LogP contribution in [0, 0.1) is 5.41 Å². The predicted molar refractivity (Wildman–Crippen MR) is 70.3 cm³/mol. The molecule has 0 spiro atoms. The zero-order chi connectivity index (χ0) is 12.6. The summed E-state index contributed by atoms with van der Waals surface area (Å²) in [7, 11) is 0. The molecule has 1 atom stereocenters. The summed E-state index contributed by atoms with van der Waals surface area (Å²) in [6, 6.07) is 0. The number of carbonyl (C=O) groups is 1. The molecule has 0 bridgehead atoms. The van der Waals surface area contributed by atoms with Crippen LogP contribution in [0.5, 0.6) is 0 Å². The summed E-state index contributed by atoms with van der Waals surface area (Å²) < 4.78 is 4.92. The summed E-state index contributed by atoms with van der Waals surface area (Å²) in [5.41, 5.74) is 5.25. The van der Waals surface area contributed by atoms with E-state index < -0.39 is 16.9 Å². The molecule has 3 nitrogen and oxygen atoms in total. The number of hydrogen-bond donors (Lipinski definition) is 2. The Morgan fingerprint density at radius 1 is 1.19 bits per heavy atom. The molecule has 0 rings (SSSR count). The van der Waals surface area contributed by atoms with E-state index in [0.29, 0.717) is 0 Å². The molecule has 0 aliphatic carbocycles. The van der Waals surface area contributed by atoms with Gasteiger partial charge in [-0.3, -0.25) is 5.73 Å². The van der Waals surface area contributed by atoms with Gasteiger partial charge in [0, 0.05) is 0 Å². The molecule has 0 aromatic carbocycles. The second-order valence-electron chi connectivity index (χ2n) is 3.30. The maximum atomic E-state index is 10.8. The average molecular weight is 241 g/mol. The van der Waals surface area contributed by atoms with E-state index in [4.69, 9.17) is 10.5 Å². The van der Waals surface area contributed by atoms with Crippen LogP contribution in [0.1, 0.15) is 20.8 Å². The predicted octanol–water partition coefficient (Wildman–Crippen LogP) is 3.05. The first kappa shape index (κ1) is 15.0. The highest BCUT2D eigenvalue weighted by atomic mass is 32.1. The molecule has 0 aromatic heterocycles. The van der Waals surface area contributed by atoms with Crippen molar-refractivity contribution in [2.24, 2.45) is 11.1 Å². The molecule has 2 N–H and O–H groups in total. The zero-order valence-corrected chi connectivity index (χ0v) is 10.8. The van der Waals surface area contributed by atoms with Crippen molar-refractivity contribution < 1.29 is 9.53 Å². The number of ether oxygens (including phenoxy) is 1. The number of carbonyl (C=O) groups excluding carboxylic acids is 1. The fourth-order valence-corrected chi connectivity index (χ4v) is 1.64. The van der Waals surface area contributed by atoms with E-state index in [1.165, 1.54) is 0 Å². The standard InChI is InChI=1S/C12H19NO2S/c1-4-7-12(8-5-2,9-6-3)10(13)15-11(14)16/h4-10H,13H2,1-3H3,(H,14,16). The van der Waals surface area contributed by atoms with Gasteiger partial charge in [-0.15, -0.1) is 0 Å².